The van der Waals surface area contributed by atoms with Crippen LogP contribution in [0.2, 0.25) is 5.02 Å². The molecule has 1 atom stereocenters. The molecule has 2 N–H and O–H groups in total. The van der Waals surface area contributed by atoms with Crippen molar-refractivity contribution < 1.29 is 4.79 Å². The van der Waals surface area contributed by atoms with Gasteiger partial charge in [-0.15, -0.1) is 0 Å². The largest absolute Gasteiger partial charge is 0.338 e. The summed E-state index contributed by atoms with van der Waals surface area (Å²) in [5.41, 5.74) is 6.65. The summed E-state index contributed by atoms with van der Waals surface area (Å²) < 4.78 is 0.881. The maximum Gasteiger partial charge on any atom is 0.227 e. The average molecular weight is 332 g/mol. The monoisotopic (exact) mass is 330 g/mol. The summed E-state index contributed by atoms with van der Waals surface area (Å²) in [6.45, 7) is 1.37. The molecular formula is C13H16BrClN2O. The van der Waals surface area contributed by atoms with Gasteiger partial charge in [-0.2, -0.15) is 0 Å². The molecule has 1 saturated heterocycles. The molecule has 0 aliphatic carbocycles. The van der Waals surface area contributed by atoms with Gasteiger partial charge < -0.3 is 10.6 Å². The van der Waals surface area contributed by atoms with Crippen molar-refractivity contribution in [2.45, 2.75) is 25.3 Å². The molecule has 98 valence electrons. The number of rotatable bonds is 3. The van der Waals surface area contributed by atoms with Crippen molar-refractivity contribution in [3.8, 4) is 0 Å². The summed E-state index contributed by atoms with van der Waals surface area (Å²) in [6, 6.07) is 5.72. The summed E-state index contributed by atoms with van der Waals surface area (Å²) >= 11 is 9.32. The highest BCUT2D eigenvalue weighted by atomic mass is 79.9. The summed E-state index contributed by atoms with van der Waals surface area (Å²) in [4.78, 5) is 14.1. The van der Waals surface area contributed by atoms with Crippen LogP contribution in [-0.2, 0) is 11.2 Å². The van der Waals surface area contributed by atoms with Crippen molar-refractivity contribution in [3.05, 3.63) is 33.3 Å². The van der Waals surface area contributed by atoms with Gasteiger partial charge in [0.15, 0.2) is 0 Å². The number of nitrogens with two attached hydrogens (primary N) is 1. The van der Waals surface area contributed by atoms with Crippen LogP contribution in [0.25, 0.3) is 0 Å². The number of halogens is 2. The van der Waals surface area contributed by atoms with E-state index in [-0.39, 0.29) is 11.9 Å². The first-order valence-corrected chi connectivity index (χ1v) is 7.22. The Bertz CT molecular complexity index is 453. The van der Waals surface area contributed by atoms with Crippen LogP contribution in [0, 0.1) is 0 Å². The van der Waals surface area contributed by atoms with Crippen molar-refractivity contribution in [2.75, 3.05) is 13.1 Å². The third-order valence-corrected chi connectivity index (χ3v) is 4.30. The molecule has 0 spiro atoms. The van der Waals surface area contributed by atoms with Gasteiger partial charge in [0.1, 0.15) is 0 Å². The van der Waals surface area contributed by atoms with Crippen LogP contribution in [0.5, 0.6) is 0 Å². The molecule has 0 aromatic heterocycles. The highest BCUT2D eigenvalue weighted by Crippen LogP contribution is 2.24. The van der Waals surface area contributed by atoms with Crippen molar-refractivity contribution in [1.82, 2.24) is 4.90 Å². The summed E-state index contributed by atoms with van der Waals surface area (Å²) in [5, 5.41) is 0.666. The standard InChI is InChI=1S/C13H16BrClN2O/c14-12-7-10(15)4-3-9(12)6-13(18)17-5-1-2-11(17)8-16/h3-4,7,11H,1-2,5-6,8,16H2. The number of carbonyl (C=O) groups is 1. The van der Waals surface area contributed by atoms with Crippen molar-refractivity contribution in [1.29, 1.82) is 0 Å². The van der Waals surface area contributed by atoms with Gasteiger partial charge in [0.2, 0.25) is 5.91 Å². The van der Waals surface area contributed by atoms with Gasteiger partial charge in [0.05, 0.1) is 6.42 Å². The van der Waals surface area contributed by atoms with E-state index in [2.05, 4.69) is 15.9 Å². The Labute approximate surface area is 120 Å². The number of hydrogen-bond acceptors (Lipinski definition) is 2. The van der Waals surface area contributed by atoms with E-state index in [4.69, 9.17) is 17.3 Å². The third kappa shape index (κ3) is 3.05. The highest BCUT2D eigenvalue weighted by molar-refractivity contribution is 9.10. The lowest BCUT2D eigenvalue weighted by molar-refractivity contribution is -0.131. The molecule has 1 aliphatic heterocycles. The Balaban J connectivity index is 2.07. The van der Waals surface area contributed by atoms with Gasteiger partial charge >= 0.3 is 0 Å². The van der Waals surface area contributed by atoms with Crippen LogP contribution < -0.4 is 5.73 Å². The fourth-order valence-electron chi connectivity index (χ4n) is 2.34. The molecule has 0 saturated carbocycles. The summed E-state index contributed by atoms with van der Waals surface area (Å²) in [6.07, 6.45) is 2.47. The van der Waals surface area contributed by atoms with Gasteiger partial charge in [-0.1, -0.05) is 33.6 Å². The molecular weight excluding hydrogens is 316 g/mol. The summed E-state index contributed by atoms with van der Waals surface area (Å²) in [7, 11) is 0. The predicted octanol–water partition coefficient (Wildman–Crippen LogP) is 2.59. The molecule has 1 heterocycles. The van der Waals surface area contributed by atoms with Crippen molar-refractivity contribution >= 4 is 33.4 Å². The van der Waals surface area contributed by atoms with E-state index in [0.717, 1.165) is 29.4 Å². The maximum absolute atomic E-state index is 12.2. The van der Waals surface area contributed by atoms with Crippen LogP contribution in [0.1, 0.15) is 18.4 Å². The topological polar surface area (TPSA) is 46.3 Å². The molecule has 5 heteroatoms. The van der Waals surface area contributed by atoms with Crippen LogP contribution in [0.3, 0.4) is 0 Å². The highest BCUT2D eigenvalue weighted by Gasteiger charge is 2.27. The normalized spacial score (nSPS) is 19.3. The molecule has 3 nitrogen and oxygen atoms in total. The molecule has 0 radical (unpaired) electrons. The number of benzene rings is 1. The number of hydrogen-bond donors (Lipinski definition) is 1. The van der Waals surface area contributed by atoms with Gasteiger partial charge in [-0.25, -0.2) is 0 Å². The zero-order valence-electron chi connectivity index (χ0n) is 10.0. The van der Waals surface area contributed by atoms with Crippen LogP contribution in [0.4, 0.5) is 0 Å². The van der Waals surface area contributed by atoms with E-state index >= 15 is 0 Å². The second-order valence-corrected chi connectivity index (χ2v) is 5.82. The first kappa shape index (κ1) is 13.8. The number of amides is 1. The number of nitrogens with zero attached hydrogens (tertiary/aromatic N) is 1. The Morgan fingerprint density at radius 2 is 2.33 bits per heavy atom. The maximum atomic E-state index is 12.2. The first-order valence-electron chi connectivity index (χ1n) is 6.05. The lowest BCUT2D eigenvalue weighted by Crippen LogP contribution is -2.40. The predicted molar refractivity (Wildman–Crippen MR) is 76.6 cm³/mol. The van der Waals surface area contributed by atoms with Crippen LogP contribution in [0.15, 0.2) is 22.7 Å². The molecule has 1 fully saturated rings. The molecule has 0 bridgehead atoms. The van der Waals surface area contributed by atoms with E-state index in [1.54, 1.807) is 6.07 Å². The quantitative estimate of drug-likeness (QED) is 0.925. The minimum atomic E-state index is 0.144. The van der Waals surface area contributed by atoms with E-state index in [1.165, 1.54) is 0 Å². The number of likely N-dealkylation sites (tertiary alicyclic amines) is 1. The minimum Gasteiger partial charge on any atom is -0.338 e. The Morgan fingerprint density at radius 1 is 1.56 bits per heavy atom. The van der Waals surface area contributed by atoms with E-state index in [9.17, 15) is 4.79 Å². The molecule has 1 aromatic carbocycles. The zero-order valence-corrected chi connectivity index (χ0v) is 12.4. The van der Waals surface area contributed by atoms with Gasteiger partial charge in [-0.3, -0.25) is 4.79 Å². The lowest BCUT2D eigenvalue weighted by Gasteiger charge is -2.23. The van der Waals surface area contributed by atoms with Crippen LogP contribution >= 0.6 is 27.5 Å². The lowest BCUT2D eigenvalue weighted by atomic mass is 10.1. The molecule has 1 unspecified atom stereocenters. The minimum absolute atomic E-state index is 0.144. The SMILES string of the molecule is NCC1CCCN1C(=O)Cc1ccc(Cl)cc1Br. The van der Waals surface area contributed by atoms with Crippen molar-refractivity contribution in [2.24, 2.45) is 5.73 Å². The van der Waals surface area contributed by atoms with Crippen molar-refractivity contribution in [3.63, 3.8) is 0 Å². The zero-order chi connectivity index (χ0) is 13.1. The Kier molecular flexibility index (Phi) is 4.65. The molecule has 2 rings (SSSR count). The molecule has 1 amide bonds. The van der Waals surface area contributed by atoms with Gasteiger partial charge in [0.25, 0.3) is 0 Å². The molecule has 1 aromatic rings. The molecule has 18 heavy (non-hydrogen) atoms. The fourth-order valence-corrected chi connectivity index (χ4v) is 3.16. The molecule has 1 aliphatic rings. The smallest absolute Gasteiger partial charge is 0.227 e. The third-order valence-electron chi connectivity index (χ3n) is 3.33. The second-order valence-electron chi connectivity index (χ2n) is 4.53. The van der Waals surface area contributed by atoms with E-state index < -0.39 is 0 Å². The number of carbonyl (C=O) groups excluding carboxylic acids is 1. The average Bonchev–Trinajstić information content (AvgIpc) is 2.81. The summed E-state index contributed by atoms with van der Waals surface area (Å²) in [5.74, 6) is 0.144. The second kappa shape index (κ2) is 6.04. The first-order chi connectivity index (χ1) is 8.61. The Morgan fingerprint density at radius 3 is 3.00 bits per heavy atom. The van der Waals surface area contributed by atoms with Gasteiger partial charge in [-0.05, 0) is 30.5 Å². The van der Waals surface area contributed by atoms with E-state index in [1.807, 2.05) is 17.0 Å². The van der Waals surface area contributed by atoms with Crippen LogP contribution in [-0.4, -0.2) is 29.9 Å². The fraction of sp³-hybridized carbons (Fsp3) is 0.462. The van der Waals surface area contributed by atoms with Gasteiger partial charge in [0, 0.05) is 28.6 Å². The van der Waals surface area contributed by atoms with E-state index in [0.29, 0.717) is 18.0 Å². The Hall–Kier alpha value is -0.580.